The molecule has 0 amide bonds. The summed E-state index contributed by atoms with van der Waals surface area (Å²) in [7, 11) is 0. The highest BCUT2D eigenvalue weighted by Gasteiger charge is 2.21. The van der Waals surface area contributed by atoms with Gasteiger partial charge in [0.15, 0.2) is 6.10 Å². The molecule has 0 aliphatic carbocycles. The number of benzene rings is 2. The number of rotatable bonds is 5. The Morgan fingerprint density at radius 1 is 1.13 bits per heavy atom. The Balaban J connectivity index is 2.14. The number of carboxylic acids is 1. The second kappa shape index (κ2) is 7.05. The summed E-state index contributed by atoms with van der Waals surface area (Å²) in [5, 5.41) is 9.95. The van der Waals surface area contributed by atoms with Gasteiger partial charge in [-0.1, -0.05) is 62.7 Å². The van der Waals surface area contributed by atoms with E-state index in [1.165, 1.54) is 5.56 Å². The fraction of sp³-hybridized carbons (Fsp3) is 0.316. The van der Waals surface area contributed by atoms with Gasteiger partial charge in [0.05, 0.1) is 0 Å². The van der Waals surface area contributed by atoms with Crippen molar-refractivity contribution >= 4 is 17.6 Å². The molecule has 0 heterocycles. The van der Waals surface area contributed by atoms with Gasteiger partial charge in [-0.15, -0.1) is 0 Å². The lowest BCUT2D eigenvalue weighted by Gasteiger charge is -2.20. The van der Waals surface area contributed by atoms with Gasteiger partial charge in [-0.2, -0.15) is 0 Å². The Morgan fingerprint density at radius 2 is 1.74 bits per heavy atom. The summed E-state index contributed by atoms with van der Waals surface area (Å²) in [6, 6.07) is 14.7. The van der Waals surface area contributed by atoms with Crippen LogP contribution in [0.3, 0.4) is 0 Å². The van der Waals surface area contributed by atoms with Crippen molar-refractivity contribution in [2.45, 2.75) is 38.7 Å². The normalized spacial score (nSPS) is 12.7. The Hall–Kier alpha value is -2.00. The van der Waals surface area contributed by atoms with Gasteiger partial charge < -0.3 is 9.84 Å². The van der Waals surface area contributed by atoms with Crippen LogP contribution in [-0.4, -0.2) is 17.2 Å². The van der Waals surface area contributed by atoms with Gasteiger partial charge in [-0.05, 0) is 34.7 Å². The average Bonchev–Trinajstić information content (AvgIpc) is 2.48. The van der Waals surface area contributed by atoms with Crippen molar-refractivity contribution < 1.29 is 14.6 Å². The molecule has 2 rings (SSSR count). The van der Waals surface area contributed by atoms with E-state index in [0.717, 1.165) is 5.56 Å². The molecule has 0 saturated heterocycles. The summed E-state index contributed by atoms with van der Waals surface area (Å²) in [4.78, 5) is 11.5. The molecule has 1 unspecified atom stereocenters. The maximum atomic E-state index is 11.5. The first-order valence-corrected chi connectivity index (χ1v) is 7.88. The number of hydrogen-bond donors (Lipinski definition) is 1. The molecule has 4 heteroatoms. The zero-order valence-corrected chi connectivity index (χ0v) is 14.3. The van der Waals surface area contributed by atoms with Gasteiger partial charge in [0.25, 0.3) is 0 Å². The molecule has 0 aliphatic heterocycles. The summed E-state index contributed by atoms with van der Waals surface area (Å²) in [5.74, 6) is -0.470. The van der Waals surface area contributed by atoms with Crippen LogP contribution in [0.25, 0.3) is 0 Å². The van der Waals surface area contributed by atoms with Crippen molar-refractivity contribution in [1.29, 1.82) is 0 Å². The van der Waals surface area contributed by atoms with Crippen LogP contribution in [0.1, 0.15) is 31.9 Å². The van der Waals surface area contributed by atoms with E-state index in [9.17, 15) is 9.90 Å². The lowest BCUT2D eigenvalue weighted by molar-refractivity contribution is -0.145. The third kappa shape index (κ3) is 4.73. The van der Waals surface area contributed by atoms with Crippen LogP contribution in [0.2, 0.25) is 5.02 Å². The maximum absolute atomic E-state index is 11.5. The second-order valence-electron chi connectivity index (χ2n) is 6.51. The predicted molar refractivity (Wildman–Crippen MR) is 92.3 cm³/mol. The summed E-state index contributed by atoms with van der Waals surface area (Å²) in [6.07, 6.45) is -0.758. The number of hydrogen-bond acceptors (Lipinski definition) is 2. The molecule has 23 heavy (non-hydrogen) atoms. The minimum Gasteiger partial charge on any atom is -0.478 e. The molecule has 2 aromatic carbocycles. The van der Waals surface area contributed by atoms with E-state index in [1.54, 1.807) is 6.07 Å². The van der Waals surface area contributed by atoms with Crippen molar-refractivity contribution in [2.24, 2.45) is 0 Å². The topological polar surface area (TPSA) is 46.5 Å². The Bertz CT molecular complexity index is 672. The fourth-order valence-corrected chi connectivity index (χ4v) is 2.45. The van der Waals surface area contributed by atoms with Gasteiger partial charge in [0.1, 0.15) is 5.75 Å². The molecular weight excluding hydrogens is 312 g/mol. The molecule has 1 N–H and O–H groups in total. The minimum absolute atomic E-state index is 0.0439. The lowest BCUT2D eigenvalue weighted by atomic mass is 9.87. The van der Waals surface area contributed by atoms with Gasteiger partial charge in [-0.25, -0.2) is 4.79 Å². The lowest BCUT2D eigenvalue weighted by Crippen LogP contribution is -2.29. The predicted octanol–water partition coefficient (Wildman–Crippen LogP) is 4.71. The fourth-order valence-electron chi connectivity index (χ4n) is 2.24. The van der Waals surface area contributed by atoms with Crippen LogP contribution in [0.5, 0.6) is 5.75 Å². The number of carbonyl (C=O) groups is 1. The van der Waals surface area contributed by atoms with Crippen molar-refractivity contribution in [1.82, 2.24) is 0 Å². The standard InChI is InChI=1S/C19H21ClO3/c1-19(2,3)14-8-10-15(11-9-14)23-17(18(21)22)12-13-6-4-5-7-16(13)20/h4-11,17H,12H2,1-3H3,(H,21,22). The molecule has 1 atom stereocenters. The molecule has 3 nitrogen and oxygen atoms in total. The van der Waals surface area contributed by atoms with Crippen LogP contribution < -0.4 is 4.74 Å². The van der Waals surface area contributed by atoms with E-state index in [1.807, 2.05) is 42.5 Å². The zero-order valence-electron chi connectivity index (χ0n) is 13.5. The highest BCUT2D eigenvalue weighted by atomic mass is 35.5. The SMILES string of the molecule is CC(C)(C)c1ccc(OC(Cc2ccccc2Cl)C(=O)O)cc1. The molecule has 0 saturated carbocycles. The summed E-state index contributed by atoms with van der Waals surface area (Å²) < 4.78 is 5.64. The van der Waals surface area contributed by atoms with Gasteiger partial charge >= 0.3 is 5.97 Å². The van der Waals surface area contributed by atoms with Crippen LogP contribution >= 0.6 is 11.6 Å². The summed E-state index contributed by atoms with van der Waals surface area (Å²) in [5.41, 5.74) is 1.97. The smallest absolute Gasteiger partial charge is 0.345 e. The Kier molecular flexibility index (Phi) is 5.32. The molecule has 0 radical (unpaired) electrons. The molecule has 0 aromatic heterocycles. The largest absolute Gasteiger partial charge is 0.478 e. The third-order valence-electron chi connectivity index (χ3n) is 3.64. The van der Waals surface area contributed by atoms with Crippen LogP contribution in [0.4, 0.5) is 0 Å². The average molecular weight is 333 g/mol. The minimum atomic E-state index is -1.01. The highest BCUT2D eigenvalue weighted by molar-refractivity contribution is 6.31. The zero-order chi connectivity index (χ0) is 17.0. The maximum Gasteiger partial charge on any atom is 0.345 e. The molecule has 0 aliphatic rings. The van der Waals surface area contributed by atoms with E-state index in [4.69, 9.17) is 16.3 Å². The van der Waals surface area contributed by atoms with Gasteiger partial charge in [0.2, 0.25) is 0 Å². The molecule has 0 bridgehead atoms. The van der Waals surface area contributed by atoms with Crippen LogP contribution in [0.15, 0.2) is 48.5 Å². The Labute approximate surface area is 141 Å². The van der Waals surface area contributed by atoms with E-state index in [0.29, 0.717) is 10.8 Å². The first-order chi connectivity index (χ1) is 10.8. The highest BCUT2D eigenvalue weighted by Crippen LogP contribution is 2.25. The van der Waals surface area contributed by atoms with Gasteiger partial charge in [-0.3, -0.25) is 0 Å². The van der Waals surface area contributed by atoms with E-state index in [2.05, 4.69) is 20.8 Å². The Morgan fingerprint density at radius 3 is 2.26 bits per heavy atom. The van der Waals surface area contributed by atoms with E-state index >= 15 is 0 Å². The van der Waals surface area contributed by atoms with Crippen LogP contribution in [-0.2, 0) is 16.6 Å². The third-order valence-corrected chi connectivity index (χ3v) is 4.01. The molecular formula is C19H21ClO3. The quantitative estimate of drug-likeness (QED) is 0.862. The molecule has 0 fully saturated rings. The summed E-state index contributed by atoms with van der Waals surface area (Å²) >= 11 is 6.10. The summed E-state index contributed by atoms with van der Waals surface area (Å²) in [6.45, 7) is 6.38. The monoisotopic (exact) mass is 332 g/mol. The molecule has 122 valence electrons. The molecule has 0 spiro atoms. The molecule has 2 aromatic rings. The van der Waals surface area contributed by atoms with Gasteiger partial charge in [0, 0.05) is 11.4 Å². The van der Waals surface area contributed by atoms with E-state index < -0.39 is 12.1 Å². The van der Waals surface area contributed by atoms with Crippen molar-refractivity contribution in [3.8, 4) is 5.75 Å². The number of aliphatic carboxylic acids is 1. The van der Waals surface area contributed by atoms with Crippen molar-refractivity contribution in [3.05, 3.63) is 64.7 Å². The number of carboxylic acid groups (broad SMARTS) is 1. The van der Waals surface area contributed by atoms with Crippen molar-refractivity contribution in [2.75, 3.05) is 0 Å². The number of halogens is 1. The van der Waals surface area contributed by atoms with Crippen molar-refractivity contribution in [3.63, 3.8) is 0 Å². The van der Waals surface area contributed by atoms with Crippen LogP contribution in [0, 0.1) is 0 Å². The first-order valence-electron chi connectivity index (χ1n) is 7.51. The number of ether oxygens (including phenoxy) is 1. The van der Waals surface area contributed by atoms with E-state index in [-0.39, 0.29) is 11.8 Å². The first kappa shape index (κ1) is 17.4. The second-order valence-corrected chi connectivity index (χ2v) is 6.92.